The Balaban J connectivity index is 2.95. The number of anilines is 1. The summed E-state index contributed by atoms with van der Waals surface area (Å²) in [6.07, 6.45) is 0.855. The van der Waals surface area contributed by atoms with E-state index in [1.165, 1.54) is 0 Å². The van der Waals surface area contributed by atoms with E-state index in [9.17, 15) is 4.79 Å². The zero-order valence-corrected chi connectivity index (χ0v) is 10.5. The van der Waals surface area contributed by atoms with Crippen LogP contribution in [0.3, 0.4) is 0 Å². The maximum Gasteiger partial charge on any atom is 0.319 e. The summed E-state index contributed by atoms with van der Waals surface area (Å²) in [5.74, 6) is -0.0288. The maximum absolute atomic E-state index is 11.6. The number of benzene rings is 1. The first-order valence-corrected chi connectivity index (χ1v) is 5.72. The third-order valence-corrected chi connectivity index (χ3v) is 2.42. The first-order valence-electron chi connectivity index (χ1n) is 5.72. The van der Waals surface area contributed by atoms with Gasteiger partial charge in [-0.2, -0.15) is 0 Å². The fourth-order valence-electron chi connectivity index (χ4n) is 1.57. The molecule has 1 rings (SSSR count). The molecular weight excluding hydrogens is 232 g/mol. The van der Waals surface area contributed by atoms with Crippen molar-refractivity contribution >= 4 is 17.6 Å². The van der Waals surface area contributed by atoms with Gasteiger partial charge in [0.15, 0.2) is 5.84 Å². The number of urea groups is 1. The van der Waals surface area contributed by atoms with E-state index < -0.39 is 0 Å². The smallest absolute Gasteiger partial charge is 0.319 e. The lowest BCUT2D eigenvalue weighted by Gasteiger charge is -2.12. The summed E-state index contributed by atoms with van der Waals surface area (Å²) < 4.78 is 0. The van der Waals surface area contributed by atoms with Crippen molar-refractivity contribution in [3.8, 4) is 0 Å². The van der Waals surface area contributed by atoms with Gasteiger partial charge in [-0.15, -0.1) is 0 Å². The summed E-state index contributed by atoms with van der Waals surface area (Å²) in [7, 11) is 0. The topological polar surface area (TPSA) is 99.7 Å². The second-order valence-corrected chi connectivity index (χ2v) is 3.86. The van der Waals surface area contributed by atoms with Crippen LogP contribution >= 0.6 is 0 Å². The molecule has 0 aromatic heterocycles. The molecule has 1 aromatic carbocycles. The molecule has 5 N–H and O–H groups in total. The van der Waals surface area contributed by atoms with Crippen LogP contribution in [0.15, 0.2) is 23.4 Å². The highest BCUT2D eigenvalue weighted by molar-refractivity contribution is 6.06. The van der Waals surface area contributed by atoms with Crippen molar-refractivity contribution in [2.24, 2.45) is 10.9 Å². The van der Waals surface area contributed by atoms with Crippen LogP contribution in [0.2, 0.25) is 0 Å². The Kier molecular flexibility index (Phi) is 4.98. The second kappa shape index (κ2) is 6.48. The van der Waals surface area contributed by atoms with Gasteiger partial charge >= 0.3 is 6.03 Å². The number of amides is 2. The third kappa shape index (κ3) is 3.38. The highest BCUT2D eigenvalue weighted by Crippen LogP contribution is 2.19. The highest BCUT2D eigenvalue weighted by Gasteiger charge is 2.12. The lowest BCUT2D eigenvalue weighted by Crippen LogP contribution is -2.30. The molecule has 18 heavy (non-hydrogen) atoms. The van der Waals surface area contributed by atoms with Gasteiger partial charge in [-0.3, -0.25) is 0 Å². The van der Waals surface area contributed by atoms with Crippen LogP contribution in [0.4, 0.5) is 10.5 Å². The summed E-state index contributed by atoms with van der Waals surface area (Å²) in [6.45, 7) is 4.38. The van der Waals surface area contributed by atoms with Crippen molar-refractivity contribution in [1.29, 1.82) is 0 Å². The molecule has 0 aliphatic rings. The first kappa shape index (κ1) is 13.8. The van der Waals surface area contributed by atoms with Gasteiger partial charge in [-0.25, -0.2) is 4.79 Å². The van der Waals surface area contributed by atoms with Gasteiger partial charge in [0.05, 0.1) is 5.69 Å². The minimum atomic E-state index is -0.311. The van der Waals surface area contributed by atoms with Crippen LogP contribution < -0.4 is 16.4 Å². The molecule has 0 bridgehead atoms. The van der Waals surface area contributed by atoms with Crippen molar-refractivity contribution in [2.75, 3.05) is 11.9 Å². The zero-order chi connectivity index (χ0) is 13.5. The number of oxime groups is 1. The van der Waals surface area contributed by atoms with Crippen molar-refractivity contribution in [1.82, 2.24) is 5.32 Å². The fourth-order valence-corrected chi connectivity index (χ4v) is 1.57. The quantitative estimate of drug-likeness (QED) is 0.283. The Hall–Kier alpha value is -2.24. The normalized spacial score (nSPS) is 11.1. The number of nitrogens with one attached hydrogen (secondary N) is 2. The number of hydrogen-bond acceptors (Lipinski definition) is 3. The lowest BCUT2D eigenvalue weighted by atomic mass is 10.1. The van der Waals surface area contributed by atoms with E-state index in [-0.39, 0.29) is 11.9 Å². The van der Waals surface area contributed by atoms with Gasteiger partial charge < -0.3 is 21.6 Å². The molecule has 0 aliphatic carbocycles. The second-order valence-electron chi connectivity index (χ2n) is 3.86. The van der Waals surface area contributed by atoms with Gasteiger partial charge in [0, 0.05) is 12.1 Å². The third-order valence-electron chi connectivity index (χ3n) is 2.42. The number of rotatable bonds is 4. The monoisotopic (exact) mass is 250 g/mol. The number of nitrogens with zero attached hydrogens (tertiary/aromatic N) is 1. The SMILES string of the molecule is CCCNC(=O)Nc1cccc(C)c1/C(N)=N/O. The number of nitrogens with two attached hydrogens (primary N) is 1. The number of amidine groups is 1. The van der Waals surface area contributed by atoms with Crippen LogP contribution in [0.5, 0.6) is 0 Å². The number of aryl methyl sites for hydroxylation is 1. The van der Waals surface area contributed by atoms with Crippen LogP contribution in [0.1, 0.15) is 24.5 Å². The molecule has 6 heteroatoms. The average Bonchev–Trinajstić information content (AvgIpc) is 2.35. The molecular formula is C12H18N4O2. The molecule has 0 atom stereocenters. The van der Waals surface area contributed by atoms with Crippen LogP contribution in [0.25, 0.3) is 0 Å². The van der Waals surface area contributed by atoms with Crippen molar-refractivity contribution in [2.45, 2.75) is 20.3 Å². The first-order chi connectivity index (χ1) is 8.60. The van der Waals surface area contributed by atoms with Gasteiger partial charge in [-0.1, -0.05) is 24.2 Å². The molecule has 0 radical (unpaired) electrons. The minimum absolute atomic E-state index is 0.0288. The summed E-state index contributed by atoms with van der Waals surface area (Å²) in [6, 6.07) is 5.00. The minimum Gasteiger partial charge on any atom is -0.409 e. The molecule has 0 unspecified atom stereocenters. The van der Waals surface area contributed by atoms with E-state index in [0.717, 1.165) is 12.0 Å². The van der Waals surface area contributed by atoms with Gasteiger partial charge in [0.1, 0.15) is 0 Å². The summed E-state index contributed by atoms with van der Waals surface area (Å²) >= 11 is 0. The van der Waals surface area contributed by atoms with Crippen molar-refractivity contribution < 1.29 is 10.0 Å². The van der Waals surface area contributed by atoms with Gasteiger partial charge in [-0.05, 0) is 25.0 Å². The fraction of sp³-hybridized carbons (Fsp3) is 0.333. The Morgan fingerprint density at radius 1 is 1.50 bits per heavy atom. The molecule has 6 nitrogen and oxygen atoms in total. The van der Waals surface area contributed by atoms with Crippen LogP contribution in [-0.4, -0.2) is 23.6 Å². The predicted molar refractivity (Wildman–Crippen MR) is 71.0 cm³/mol. The maximum atomic E-state index is 11.6. The van der Waals surface area contributed by atoms with Crippen LogP contribution in [-0.2, 0) is 0 Å². The van der Waals surface area contributed by atoms with E-state index in [1.54, 1.807) is 12.1 Å². The number of hydrogen-bond donors (Lipinski definition) is 4. The molecule has 0 fully saturated rings. The largest absolute Gasteiger partial charge is 0.409 e. The predicted octanol–water partition coefficient (Wildman–Crippen LogP) is 1.62. The molecule has 0 saturated carbocycles. The standard InChI is InChI=1S/C12H18N4O2/c1-3-7-14-12(17)15-9-6-4-5-8(2)10(9)11(13)16-18/h4-6,18H,3,7H2,1-2H3,(H2,13,16)(H2,14,15,17). The van der Waals surface area contributed by atoms with Crippen molar-refractivity contribution in [3.05, 3.63) is 29.3 Å². The highest BCUT2D eigenvalue weighted by atomic mass is 16.4. The van der Waals surface area contributed by atoms with E-state index in [0.29, 0.717) is 17.8 Å². The van der Waals surface area contributed by atoms with E-state index in [1.807, 2.05) is 19.9 Å². The molecule has 0 saturated heterocycles. The van der Waals surface area contributed by atoms with E-state index in [2.05, 4.69) is 15.8 Å². The Labute approximate surface area is 106 Å². The van der Waals surface area contributed by atoms with Gasteiger partial charge in [0.25, 0.3) is 0 Å². The van der Waals surface area contributed by atoms with Gasteiger partial charge in [0.2, 0.25) is 0 Å². The molecule has 0 spiro atoms. The van der Waals surface area contributed by atoms with Crippen molar-refractivity contribution in [3.63, 3.8) is 0 Å². The Morgan fingerprint density at radius 2 is 2.22 bits per heavy atom. The van der Waals surface area contributed by atoms with E-state index in [4.69, 9.17) is 10.9 Å². The summed E-state index contributed by atoms with van der Waals surface area (Å²) in [5.41, 5.74) is 7.45. The van der Waals surface area contributed by atoms with Crippen LogP contribution in [0, 0.1) is 6.92 Å². The number of carbonyl (C=O) groups excluding carboxylic acids is 1. The molecule has 0 heterocycles. The number of carbonyl (C=O) groups is 1. The summed E-state index contributed by atoms with van der Waals surface area (Å²) in [5, 5.41) is 17.1. The Bertz CT molecular complexity index is 457. The molecule has 0 aliphatic heterocycles. The zero-order valence-electron chi connectivity index (χ0n) is 10.5. The summed E-state index contributed by atoms with van der Waals surface area (Å²) in [4.78, 5) is 11.6. The molecule has 2 amide bonds. The van der Waals surface area contributed by atoms with E-state index >= 15 is 0 Å². The Morgan fingerprint density at radius 3 is 2.83 bits per heavy atom. The lowest BCUT2D eigenvalue weighted by molar-refractivity contribution is 0.252. The average molecular weight is 250 g/mol. The molecule has 1 aromatic rings. The molecule has 98 valence electrons.